The lowest BCUT2D eigenvalue weighted by molar-refractivity contribution is -0.161. The lowest BCUT2D eigenvalue weighted by Crippen LogP contribution is -2.30. The van der Waals surface area contributed by atoms with Crippen molar-refractivity contribution in [2.45, 2.75) is 413 Å². The number of ether oxygens (including phenoxy) is 4. The molecule has 0 amide bonds. The third-order valence-electron chi connectivity index (χ3n) is 17.7. The molecule has 0 aromatic heterocycles. The van der Waals surface area contributed by atoms with E-state index in [4.69, 9.17) is 37.0 Å². The van der Waals surface area contributed by atoms with E-state index in [1.54, 1.807) is 0 Å². The summed E-state index contributed by atoms with van der Waals surface area (Å²) in [5.74, 6) is -0.599. The predicted molar refractivity (Wildman–Crippen MR) is 386 cm³/mol. The second-order valence-corrected chi connectivity index (χ2v) is 31.3. The fourth-order valence-electron chi connectivity index (χ4n) is 11.7. The third kappa shape index (κ3) is 70.3. The molecule has 0 radical (unpaired) electrons. The molecule has 0 aliphatic heterocycles. The van der Waals surface area contributed by atoms with Crippen LogP contribution in [0.25, 0.3) is 0 Å². The summed E-state index contributed by atoms with van der Waals surface area (Å²) in [5, 5.41) is 10.6. The first-order valence-electron chi connectivity index (χ1n) is 39.5. The standard InChI is InChI=1S/C76H148O17P2/c1-7-9-11-13-15-17-18-19-20-21-22-23-24-25-30-36-42-48-54-60-75(80)92-72(65-87-74(79)59-53-47-41-35-29-27-26-28-33-38-44-50-56-68(3)4)67-91-95(84,85)89-63-70(77)62-88-94(82,83)90-66-71(64-86-73(78)58-52-46-40-32-16-14-12-10-8-2)93-76(81)61-55-49-43-37-31-34-39-45-51-57-69(5)6/h68-72,77H,7-67H2,1-6H3,(H,82,83)(H,84,85)/t70-,71+,72+/m0/s1. The molecule has 3 N–H and O–H groups in total. The predicted octanol–water partition coefficient (Wildman–Crippen LogP) is 22.3. The zero-order valence-corrected chi connectivity index (χ0v) is 63.8. The van der Waals surface area contributed by atoms with Crippen LogP contribution in [0.4, 0.5) is 0 Å². The summed E-state index contributed by atoms with van der Waals surface area (Å²) in [4.78, 5) is 72.8. The molecule has 2 unspecified atom stereocenters. The molecule has 17 nitrogen and oxygen atoms in total. The van der Waals surface area contributed by atoms with E-state index in [-0.39, 0.29) is 25.7 Å². The Kier molecular flexibility index (Phi) is 66.5. The first-order valence-corrected chi connectivity index (χ1v) is 42.5. The van der Waals surface area contributed by atoms with Crippen molar-refractivity contribution in [2.24, 2.45) is 11.8 Å². The van der Waals surface area contributed by atoms with Crippen molar-refractivity contribution >= 4 is 39.5 Å². The van der Waals surface area contributed by atoms with E-state index in [1.807, 2.05) is 0 Å². The Morgan fingerprint density at radius 2 is 0.484 bits per heavy atom. The highest BCUT2D eigenvalue weighted by Gasteiger charge is 2.30. The molecule has 0 bridgehead atoms. The van der Waals surface area contributed by atoms with E-state index in [1.165, 1.54) is 212 Å². The van der Waals surface area contributed by atoms with Gasteiger partial charge in [-0.25, -0.2) is 9.13 Å². The number of carbonyl (C=O) groups is 4. The summed E-state index contributed by atoms with van der Waals surface area (Å²) in [6.45, 7) is 9.57. The number of unbranched alkanes of at least 4 members (excludes halogenated alkanes) is 45. The van der Waals surface area contributed by atoms with Crippen LogP contribution in [0.1, 0.15) is 395 Å². The van der Waals surface area contributed by atoms with Crippen LogP contribution in [-0.4, -0.2) is 96.7 Å². The van der Waals surface area contributed by atoms with Gasteiger partial charge < -0.3 is 33.8 Å². The Bertz CT molecular complexity index is 1840. The van der Waals surface area contributed by atoms with E-state index in [2.05, 4.69) is 41.5 Å². The van der Waals surface area contributed by atoms with Crippen molar-refractivity contribution in [3.05, 3.63) is 0 Å². The highest BCUT2D eigenvalue weighted by molar-refractivity contribution is 7.47. The monoisotopic (exact) mass is 1400 g/mol. The average molecular weight is 1400 g/mol. The second-order valence-electron chi connectivity index (χ2n) is 28.3. The first-order chi connectivity index (χ1) is 45.9. The number of carbonyl (C=O) groups excluding carboxylic acids is 4. The molecule has 0 saturated carbocycles. The number of aliphatic hydroxyl groups is 1. The number of hydrogen-bond donors (Lipinski definition) is 3. The largest absolute Gasteiger partial charge is 0.472 e. The lowest BCUT2D eigenvalue weighted by atomic mass is 10.0. The molecule has 0 rings (SSSR count). The maximum Gasteiger partial charge on any atom is 0.472 e. The van der Waals surface area contributed by atoms with E-state index in [0.717, 1.165) is 102 Å². The van der Waals surface area contributed by atoms with Gasteiger partial charge in [0, 0.05) is 25.7 Å². The summed E-state index contributed by atoms with van der Waals surface area (Å²) in [7, 11) is -9.91. The van der Waals surface area contributed by atoms with Gasteiger partial charge >= 0.3 is 39.5 Å². The summed E-state index contributed by atoms with van der Waals surface area (Å²) >= 11 is 0. The second kappa shape index (κ2) is 67.9. The molecule has 0 aliphatic carbocycles. The van der Waals surface area contributed by atoms with Crippen LogP contribution in [0.15, 0.2) is 0 Å². The Morgan fingerprint density at radius 3 is 0.716 bits per heavy atom. The molecule has 95 heavy (non-hydrogen) atoms. The third-order valence-corrected chi connectivity index (χ3v) is 19.6. The quantitative estimate of drug-likeness (QED) is 0.0222. The van der Waals surface area contributed by atoms with Gasteiger partial charge in [0.2, 0.25) is 0 Å². The van der Waals surface area contributed by atoms with Crippen molar-refractivity contribution in [1.82, 2.24) is 0 Å². The molecular weight excluding hydrogens is 1250 g/mol. The fourth-order valence-corrected chi connectivity index (χ4v) is 13.2. The van der Waals surface area contributed by atoms with Crippen LogP contribution in [0, 0.1) is 11.8 Å². The summed E-state index contributed by atoms with van der Waals surface area (Å²) in [5.41, 5.74) is 0. The maximum atomic E-state index is 13.1. The van der Waals surface area contributed by atoms with Gasteiger partial charge in [0.15, 0.2) is 12.2 Å². The summed E-state index contributed by atoms with van der Waals surface area (Å²) in [6.07, 6.45) is 55.5. The SMILES string of the molecule is CCCCCCCCCCCCCCCCCCCCCC(=O)O[C@H](COC(=O)CCCCCCCCCCCCCCC(C)C)COP(=O)(O)OC[C@@H](O)COP(=O)(O)OC[C@@H](COC(=O)CCCCCCCCCCC)OC(=O)CCCCCCCCCCCC(C)C. The van der Waals surface area contributed by atoms with Crippen molar-refractivity contribution < 1.29 is 80.2 Å². The summed E-state index contributed by atoms with van der Waals surface area (Å²) in [6, 6.07) is 0. The minimum atomic E-state index is -4.96. The minimum absolute atomic E-state index is 0.105. The molecular formula is C76H148O17P2. The Labute approximate surface area is 581 Å². The van der Waals surface area contributed by atoms with Gasteiger partial charge in [0.1, 0.15) is 19.3 Å². The van der Waals surface area contributed by atoms with Crippen molar-refractivity contribution in [3.63, 3.8) is 0 Å². The fraction of sp³-hybridized carbons (Fsp3) is 0.947. The van der Waals surface area contributed by atoms with Gasteiger partial charge in [-0.1, -0.05) is 343 Å². The number of phosphoric ester groups is 2. The van der Waals surface area contributed by atoms with E-state index in [9.17, 15) is 43.2 Å². The van der Waals surface area contributed by atoms with Crippen LogP contribution >= 0.6 is 15.6 Å². The molecule has 0 aliphatic rings. The van der Waals surface area contributed by atoms with Crippen LogP contribution in [0.2, 0.25) is 0 Å². The number of rotatable bonds is 75. The van der Waals surface area contributed by atoms with Crippen LogP contribution in [-0.2, 0) is 65.4 Å². The van der Waals surface area contributed by atoms with Gasteiger partial charge in [-0.05, 0) is 37.5 Å². The number of aliphatic hydroxyl groups excluding tert-OH is 1. The topological polar surface area (TPSA) is 237 Å². The van der Waals surface area contributed by atoms with Gasteiger partial charge in [0.05, 0.1) is 26.4 Å². The Hall–Kier alpha value is -1.94. The highest BCUT2D eigenvalue weighted by atomic mass is 31.2. The van der Waals surface area contributed by atoms with Crippen LogP contribution in [0.3, 0.4) is 0 Å². The number of esters is 4. The van der Waals surface area contributed by atoms with Gasteiger partial charge in [-0.2, -0.15) is 0 Å². The highest BCUT2D eigenvalue weighted by Crippen LogP contribution is 2.45. The first kappa shape index (κ1) is 93.1. The van der Waals surface area contributed by atoms with Crippen LogP contribution in [0.5, 0.6) is 0 Å². The molecule has 0 saturated heterocycles. The Morgan fingerprint density at radius 1 is 0.284 bits per heavy atom. The number of phosphoric acid groups is 2. The molecule has 0 fully saturated rings. The zero-order chi connectivity index (χ0) is 70.0. The van der Waals surface area contributed by atoms with E-state index >= 15 is 0 Å². The molecule has 0 spiro atoms. The van der Waals surface area contributed by atoms with Crippen molar-refractivity contribution in [2.75, 3.05) is 39.6 Å². The molecule has 564 valence electrons. The molecule has 0 heterocycles. The zero-order valence-electron chi connectivity index (χ0n) is 62.0. The van der Waals surface area contributed by atoms with Gasteiger partial charge in [-0.15, -0.1) is 0 Å². The molecule has 19 heteroatoms. The molecule has 0 aromatic rings. The molecule has 5 atom stereocenters. The van der Waals surface area contributed by atoms with Gasteiger partial charge in [-0.3, -0.25) is 37.3 Å². The van der Waals surface area contributed by atoms with Gasteiger partial charge in [0.25, 0.3) is 0 Å². The average Bonchev–Trinajstić information content (AvgIpc) is 1.94. The van der Waals surface area contributed by atoms with E-state index < -0.39 is 97.5 Å². The lowest BCUT2D eigenvalue weighted by Gasteiger charge is -2.21. The maximum absolute atomic E-state index is 13.1. The van der Waals surface area contributed by atoms with Crippen molar-refractivity contribution in [3.8, 4) is 0 Å². The smallest absolute Gasteiger partial charge is 0.462 e. The minimum Gasteiger partial charge on any atom is -0.462 e. The normalized spacial score (nSPS) is 14.0. The van der Waals surface area contributed by atoms with Crippen LogP contribution < -0.4 is 0 Å². The number of hydrogen-bond acceptors (Lipinski definition) is 15. The summed E-state index contributed by atoms with van der Waals surface area (Å²) < 4.78 is 68.5. The van der Waals surface area contributed by atoms with E-state index in [0.29, 0.717) is 25.7 Å². The van der Waals surface area contributed by atoms with Crippen molar-refractivity contribution in [1.29, 1.82) is 0 Å². The Balaban J connectivity index is 5.22. The molecule has 0 aromatic carbocycles.